The van der Waals surface area contributed by atoms with E-state index >= 15 is 0 Å². The number of rotatable bonds is 6. The summed E-state index contributed by atoms with van der Waals surface area (Å²) in [6.45, 7) is -0.469. The van der Waals surface area contributed by atoms with E-state index in [1.54, 1.807) is 0 Å². The van der Waals surface area contributed by atoms with Crippen molar-refractivity contribution < 1.29 is 24.2 Å². The monoisotopic (exact) mass is 666 g/mol. The second-order valence-electron chi connectivity index (χ2n) is 9.16. The minimum Gasteiger partial charge on any atom is -0.272 e. The van der Waals surface area contributed by atoms with Gasteiger partial charge >= 0.3 is 0 Å². The zero-order valence-electron chi connectivity index (χ0n) is 19.4. The number of carbonyl (C=O) groups excluding carboxylic acids is 3. The lowest BCUT2D eigenvalue weighted by Gasteiger charge is -2.37. The number of halogens is 6. The summed E-state index contributed by atoms with van der Waals surface area (Å²) in [7, 11) is 0. The molecule has 1 aliphatic heterocycles. The Kier molecular flexibility index (Phi) is 6.80. The molecule has 2 aliphatic carbocycles. The van der Waals surface area contributed by atoms with E-state index in [0.29, 0.717) is 5.01 Å². The highest BCUT2D eigenvalue weighted by Gasteiger charge is 2.88. The van der Waals surface area contributed by atoms with E-state index in [4.69, 9.17) is 69.6 Å². The van der Waals surface area contributed by atoms with Gasteiger partial charge in [0.15, 0.2) is 4.33 Å². The molecule has 17 heteroatoms. The minimum atomic E-state index is -2.20. The Labute approximate surface area is 254 Å². The number of nitro benzene ring substituents is 2. The molecule has 2 aromatic carbocycles. The van der Waals surface area contributed by atoms with Gasteiger partial charge in [0.1, 0.15) is 9.75 Å². The minimum absolute atomic E-state index is 0.240. The van der Waals surface area contributed by atoms with Crippen LogP contribution < -0.4 is 0 Å². The molecule has 1 saturated heterocycles. The molecule has 0 radical (unpaired) electrons. The van der Waals surface area contributed by atoms with Crippen molar-refractivity contribution >= 4 is 98.7 Å². The molecule has 11 nitrogen and oxygen atoms in total. The molecule has 0 spiro atoms. The number of hydrogen-bond acceptors (Lipinski definition) is 7. The third kappa shape index (κ3) is 3.61. The number of hydrogen-bond donors (Lipinski definition) is 0. The van der Waals surface area contributed by atoms with Gasteiger partial charge in [0.05, 0.1) is 38.3 Å². The number of nitro groups is 2. The zero-order valence-corrected chi connectivity index (χ0v) is 23.9. The van der Waals surface area contributed by atoms with Crippen LogP contribution in [0.5, 0.6) is 0 Å². The second-order valence-corrected chi connectivity index (χ2v) is 12.4. The Bertz CT molecular complexity index is 1520. The van der Waals surface area contributed by atoms with Crippen molar-refractivity contribution in [2.75, 3.05) is 0 Å². The predicted molar refractivity (Wildman–Crippen MR) is 145 cm³/mol. The quantitative estimate of drug-likeness (QED) is 0.171. The molecule has 2 fully saturated rings. The molecule has 1 heterocycles. The lowest BCUT2D eigenvalue weighted by Crippen LogP contribution is -2.55. The average Bonchev–Trinajstić information content (AvgIpc) is 3.30. The van der Waals surface area contributed by atoms with Crippen molar-refractivity contribution in [1.82, 2.24) is 10.0 Å². The molecule has 40 heavy (non-hydrogen) atoms. The highest BCUT2D eigenvalue weighted by atomic mass is 35.5. The number of benzene rings is 2. The van der Waals surface area contributed by atoms with E-state index in [9.17, 15) is 34.6 Å². The maximum Gasteiger partial charge on any atom is 0.273 e. The summed E-state index contributed by atoms with van der Waals surface area (Å²) >= 11 is 39.2. The zero-order chi connectivity index (χ0) is 29.5. The van der Waals surface area contributed by atoms with Gasteiger partial charge in [-0.25, -0.2) is 5.01 Å². The summed E-state index contributed by atoms with van der Waals surface area (Å²) in [5.41, 5.74) is -0.643. The van der Waals surface area contributed by atoms with Crippen LogP contribution in [0.1, 0.15) is 15.9 Å². The largest absolute Gasteiger partial charge is 0.273 e. The van der Waals surface area contributed by atoms with Crippen LogP contribution in [0.15, 0.2) is 58.6 Å². The Balaban J connectivity index is 1.61. The summed E-state index contributed by atoms with van der Waals surface area (Å²) in [6.07, 6.45) is 0. The molecule has 4 atom stereocenters. The van der Waals surface area contributed by atoms with Crippen LogP contribution in [0.4, 0.5) is 11.4 Å². The molecular weight excluding hydrogens is 657 g/mol. The van der Waals surface area contributed by atoms with Crippen LogP contribution in [0.25, 0.3) is 0 Å². The number of allylic oxidation sites excluding steroid dienone is 2. The molecule has 5 rings (SSSR count). The maximum absolute atomic E-state index is 13.9. The Morgan fingerprint density at radius 1 is 0.850 bits per heavy atom. The van der Waals surface area contributed by atoms with E-state index in [-0.39, 0.29) is 26.9 Å². The number of nitrogens with zero attached hydrogens (tertiary/aromatic N) is 4. The standard InChI is InChI=1S/C23H12Cl6N4O7/c24-16-17(25)22(27)15-14(21(16,26)23(22,28)29)19(35)31(20(15)36)30(9-10-4-6-12(7-5-10)32(37)38)18(34)11-2-1-3-13(8-11)33(39)40/h1-8,14-15H,9H2/t14-,15-,21-,22-/m1/s1. The molecule has 3 amide bonds. The first-order chi connectivity index (χ1) is 18.6. The fourth-order valence-corrected chi connectivity index (χ4v) is 8.18. The van der Waals surface area contributed by atoms with E-state index in [1.807, 2.05) is 0 Å². The van der Waals surface area contributed by atoms with Crippen molar-refractivity contribution in [3.05, 3.63) is 90.0 Å². The third-order valence-electron chi connectivity index (χ3n) is 7.14. The van der Waals surface area contributed by atoms with Gasteiger partial charge < -0.3 is 0 Å². The molecule has 2 aromatic rings. The molecule has 0 N–H and O–H groups in total. The van der Waals surface area contributed by atoms with E-state index in [0.717, 1.165) is 29.3 Å². The first-order valence-electron chi connectivity index (χ1n) is 11.1. The smallest absolute Gasteiger partial charge is 0.272 e. The first-order valence-corrected chi connectivity index (χ1v) is 13.4. The predicted octanol–water partition coefficient (Wildman–Crippen LogP) is 5.51. The summed E-state index contributed by atoms with van der Waals surface area (Å²) in [4.78, 5) is 58.3. The number of alkyl halides is 4. The number of carbonyl (C=O) groups is 3. The number of imide groups is 1. The number of non-ortho nitro benzene ring substituents is 2. The lowest BCUT2D eigenvalue weighted by molar-refractivity contribution is -0.385. The summed E-state index contributed by atoms with van der Waals surface area (Å²) < 4.78 is -2.20. The Hall–Kier alpha value is -2.67. The van der Waals surface area contributed by atoms with Gasteiger partial charge in [-0.3, -0.25) is 34.6 Å². The van der Waals surface area contributed by atoms with Gasteiger partial charge in [-0.05, 0) is 11.6 Å². The van der Waals surface area contributed by atoms with Crippen molar-refractivity contribution in [1.29, 1.82) is 0 Å². The van der Waals surface area contributed by atoms with Gasteiger partial charge in [0.2, 0.25) is 0 Å². The van der Waals surface area contributed by atoms with Crippen molar-refractivity contribution in [2.24, 2.45) is 11.8 Å². The summed E-state index contributed by atoms with van der Waals surface area (Å²) in [5, 5.41) is 23.0. The first kappa shape index (κ1) is 28.8. The van der Waals surface area contributed by atoms with Gasteiger partial charge in [-0.1, -0.05) is 64.6 Å². The second kappa shape index (κ2) is 9.43. The Morgan fingerprint density at radius 3 is 1.82 bits per heavy atom. The summed E-state index contributed by atoms with van der Waals surface area (Å²) in [6, 6.07) is 9.55. The van der Waals surface area contributed by atoms with Gasteiger partial charge in [0.25, 0.3) is 29.1 Å². The van der Waals surface area contributed by atoms with E-state index < -0.39 is 65.7 Å². The topological polar surface area (TPSA) is 144 Å². The Morgan fingerprint density at radius 2 is 1.35 bits per heavy atom. The number of fused-ring (bicyclic) bond motifs is 5. The van der Waals surface area contributed by atoms with Crippen molar-refractivity contribution in [2.45, 2.75) is 20.6 Å². The number of amides is 3. The van der Waals surface area contributed by atoms with Crippen LogP contribution in [0.2, 0.25) is 0 Å². The normalized spacial score (nSPS) is 28.2. The molecule has 0 aromatic heterocycles. The molecule has 2 bridgehead atoms. The molecule has 1 saturated carbocycles. The highest BCUT2D eigenvalue weighted by Crippen LogP contribution is 2.77. The molecule has 0 unspecified atom stereocenters. The molecule has 3 aliphatic rings. The van der Waals surface area contributed by atoms with Gasteiger partial charge in [-0.2, -0.15) is 5.01 Å². The van der Waals surface area contributed by atoms with Crippen LogP contribution in [0.3, 0.4) is 0 Å². The van der Waals surface area contributed by atoms with E-state index in [1.165, 1.54) is 24.3 Å². The van der Waals surface area contributed by atoms with Crippen LogP contribution in [0, 0.1) is 32.1 Å². The van der Waals surface area contributed by atoms with Crippen molar-refractivity contribution in [3.63, 3.8) is 0 Å². The van der Waals surface area contributed by atoms with Gasteiger partial charge in [-0.15, -0.1) is 23.2 Å². The third-order valence-corrected chi connectivity index (χ3v) is 11.4. The van der Waals surface area contributed by atoms with Crippen LogP contribution in [-0.2, 0) is 16.1 Å². The SMILES string of the molecule is O=C(c1cccc([N+](=O)[O-])c1)N(Cc1ccc([N+](=O)[O-])cc1)N1C(=O)[C@H]2[C@H](C1=O)[C@@]1(Cl)C(Cl)=C(Cl)[C@@]2(Cl)C1(Cl)Cl. The highest BCUT2D eigenvalue weighted by molar-refractivity contribution is 6.66. The van der Waals surface area contributed by atoms with Crippen LogP contribution >= 0.6 is 69.6 Å². The van der Waals surface area contributed by atoms with E-state index in [2.05, 4.69) is 0 Å². The molecule has 208 valence electrons. The number of hydrazine groups is 1. The lowest BCUT2D eigenvalue weighted by atomic mass is 9.84. The summed E-state index contributed by atoms with van der Waals surface area (Å²) in [5.74, 6) is -6.12. The fraction of sp³-hybridized carbons (Fsp3) is 0.261. The van der Waals surface area contributed by atoms with Crippen LogP contribution in [-0.4, -0.2) is 51.7 Å². The fourth-order valence-electron chi connectivity index (χ4n) is 5.25. The van der Waals surface area contributed by atoms with Gasteiger partial charge in [0, 0.05) is 29.8 Å². The molecular formula is C23H12Cl6N4O7. The van der Waals surface area contributed by atoms with Crippen molar-refractivity contribution in [3.8, 4) is 0 Å². The maximum atomic E-state index is 13.9. The average molecular weight is 669 g/mol.